The van der Waals surface area contributed by atoms with Gasteiger partial charge in [0, 0.05) is 11.6 Å². The zero-order chi connectivity index (χ0) is 16.5. The molecule has 1 atom stereocenters. The number of rotatable bonds is 3. The van der Waals surface area contributed by atoms with Crippen LogP contribution in [0.15, 0.2) is 42.5 Å². The van der Waals surface area contributed by atoms with Gasteiger partial charge in [0.2, 0.25) is 0 Å². The number of benzene rings is 2. The number of likely N-dealkylation sites (tertiary alicyclic amines) is 1. The van der Waals surface area contributed by atoms with Crippen LogP contribution in [-0.4, -0.2) is 21.4 Å². The maximum Gasteiger partial charge on any atom is 0.124 e. The predicted molar refractivity (Wildman–Crippen MR) is 99.3 cm³/mol. The van der Waals surface area contributed by atoms with Crippen LogP contribution in [0.2, 0.25) is 5.02 Å². The molecule has 0 spiro atoms. The van der Waals surface area contributed by atoms with E-state index in [9.17, 15) is 0 Å². The number of fused-ring (bicyclic) bond motifs is 1. The van der Waals surface area contributed by atoms with Gasteiger partial charge in [0.05, 0.1) is 17.1 Å². The molecule has 3 aromatic rings. The average molecular weight is 340 g/mol. The smallest absolute Gasteiger partial charge is 0.124 e. The number of aromatic amines is 1. The molecule has 1 aliphatic heterocycles. The van der Waals surface area contributed by atoms with Crippen molar-refractivity contribution in [2.24, 2.45) is 0 Å². The summed E-state index contributed by atoms with van der Waals surface area (Å²) in [6, 6.07) is 15.0. The van der Waals surface area contributed by atoms with E-state index in [2.05, 4.69) is 41.1 Å². The first-order chi connectivity index (χ1) is 11.7. The molecule has 24 heavy (non-hydrogen) atoms. The molecule has 4 heteroatoms. The summed E-state index contributed by atoms with van der Waals surface area (Å²) < 4.78 is 0. The number of aryl methyl sites for hydroxylation is 1. The number of aromatic nitrogens is 2. The number of nitrogens with one attached hydrogen (secondary N) is 1. The van der Waals surface area contributed by atoms with Crippen molar-refractivity contribution in [3.8, 4) is 0 Å². The van der Waals surface area contributed by atoms with E-state index < -0.39 is 0 Å². The molecule has 2 aromatic carbocycles. The van der Waals surface area contributed by atoms with Crippen LogP contribution in [0.5, 0.6) is 0 Å². The van der Waals surface area contributed by atoms with Crippen LogP contribution in [0.1, 0.15) is 42.3 Å². The van der Waals surface area contributed by atoms with E-state index >= 15 is 0 Å². The molecule has 0 bridgehead atoms. The van der Waals surface area contributed by atoms with Crippen LogP contribution in [0, 0.1) is 6.92 Å². The van der Waals surface area contributed by atoms with Crippen molar-refractivity contribution in [1.82, 2.24) is 14.9 Å². The first-order valence-corrected chi connectivity index (χ1v) is 9.01. The fourth-order valence-corrected chi connectivity index (χ4v) is 3.87. The van der Waals surface area contributed by atoms with Gasteiger partial charge in [0.25, 0.3) is 0 Å². The lowest BCUT2D eigenvalue weighted by atomic mass is 10.00. The van der Waals surface area contributed by atoms with Crippen LogP contribution in [0.25, 0.3) is 11.0 Å². The zero-order valence-electron chi connectivity index (χ0n) is 13.9. The minimum absolute atomic E-state index is 0.352. The van der Waals surface area contributed by atoms with Gasteiger partial charge in [-0.1, -0.05) is 47.9 Å². The molecular formula is C20H22ClN3. The Kier molecular flexibility index (Phi) is 4.30. The molecular weight excluding hydrogens is 318 g/mol. The highest BCUT2D eigenvalue weighted by molar-refractivity contribution is 6.31. The Labute approximate surface area is 147 Å². The molecule has 1 unspecified atom stereocenters. The van der Waals surface area contributed by atoms with Crippen molar-refractivity contribution in [3.63, 3.8) is 0 Å². The summed E-state index contributed by atoms with van der Waals surface area (Å²) in [5.74, 6) is 1.07. The van der Waals surface area contributed by atoms with E-state index in [0.717, 1.165) is 41.4 Å². The second-order valence-electron chi connectivity index (χ2n) is 6.75. The number of piperidine rings is 1. The lowest BCUT2D eigenvalue weighted by molar-refractivity contribution is 0.134. The van der Waals surface area contributed by atoms with Crippen molar-refractivity contribution in [1.29, 1.82) is 0 Å². The van der Waals surface area contributed by atoms with Crippen molar-refractivity contribution in [3.05, 3.63) is 64.4 Å². The minimum atomic E-state index is 0.352. The SMILES string of the molecule is Cc1cccc(CN2CCCCC2c2nc3ccc(Cl)cc3[nH]2)c1. The molecule has 0 aliphatic carbocycles. The summed E-state index contributed by atoms with van der Waals surface area (Å²) in [6.07, 6.45) is 3.67. The first-order valence-electron chi connectivity index (χ1n) is 8.64. The summed E-state index contributed by atoms with van der Waals surface area (Å²) in [4.78, 5) is 10.9. The van der Waals surface area contributed by atoms with Gasteiger partial charge >= 0.3 is 0 Å². The molecule has 1 saturated heterocycles. The molecule has 3 nitrogen and oxygen atoms in total. The Hall–Kier alpha value is -1.84. The van der Waals surface area contributed by atoms with Crippen molar-refractivity contribution >= 4 is 22.6 Å². The van der Waals surface area contributed by atoms with Crippen LogP contribution < -0.4 is 0 Å². The second-order valence-corrected chi connectivity index (χ2v) is 7.19. The molecule has 1 aliphatic rings. The van der Waals surface area contributed by atoms with Gasteiger partial charge in [-0.2, -0.15) is 0 Å². The molecule has 0 amide bonds. The number of hydrogen-bond donors (Lipinski definition) is 1. The van der Waals surface area contributed by atoms with Gasteiger partial charge in [-0.25, -0.2) is 4.98 Å². The van der Waals surface area contributed by atoms with E-state index in [1.54, 1.807) is 0 Å². The minimum Gasteiger partial charge on any atom is -0.341 e. The highest BCUT2D eigenvalue weighted by Gasteiger charge is 2.26. The number of halogens is 1. The van der Waals surface area contributed by atoms with E-state index in [1.165, 1.54) is 24.0 Å². The Morgan fingerprint density at radius 1 is 1.21 bits per heavy atom. The molecule has 0 radical (unpaired) electrons. The Bertz CT molecular complexity index is 855. The van der Waals surface area contributed by atoms with Gasteiger partial charge in [-0.15, -0.1) is 0 Å². The van der Waals surface area contributed by atoms with Gasteiger partial charge < -0.3 is 4.98 Å². The average Bonchev–Trinajstić information content (AvgIpc) is 2.98. The predicted octanol–water partition coefficient (Wildman–Crippen LogP) is 5.25. The highest BCUT2D eigenvalue weighted by Crippen LogP contribution is 2.32. The van der Waals surface area contributed by atoms with Crippen LogP contribution in [-0.2, 0) is 6.54 Å². The van der Waals surface area contributed by atoms with E-state index in [4.69, 9.17) is 16.6 Å². The van der Waals surface area contributed by atoms with Crippen molar-refractivity contribution in [2.75, 3.05) is 6.54 Å². The number of H-pyrrole nitrogens is 1. The highest BCUT2D eigenvalue weighted by atomic mass is 35.5. The standard InChI is InChI=1S/C20H22ClN3/c1-14-5-4-6-15(11-14)13-24-10-3-2-7-19(24)20-22-17-9-8-16(21)12-18(17)23-20/h4-6,8-9,11-12,19H,2-3,7,10,13H2,1H3,(H,22,23). The molecule has 2 heterocycles. The van der Waals surface area contributed by atoms with Gasteiger partial charge in [0.1, 0.15) is 5.82 Å². The lowest BCUT2D eigenvalue weighted by Gasteiger charge is -2.34. The summed E-state index contributed by atoms with van der Waals surface area (Å²) in [5.41, 5.74) is 4.72. The summed E-state index contributed by atoms with van der Waals surface area (Å²) in [5, 5.41) is 0.748. The van der Waals surface area contributed by atoms with Crippen LogP contribution >= 0.6 is 11.6 Å². The monoisotopic (exact) mass is 339 g/mol. The Balaban J connectivity index is 1.63. The Morgan fingerprint density at radius 3 is 3.00 bits per heavy atom. The van der Waals surface area contributed by atoms with Gasteiger partial charge in [-0.05, 0) is 50.1 Å². The third-order valence-corrected chi connectivity index (χ3v) is 5.09. The topological polar surface area (TPSA) is 31.9 Å². The zero-order valence-corrected chi connectivity index (χ0v) is 14.7. The fourth-order valence-electron chi connectivity index (χ4n) is 3.69. The number of imidazole rings is 1. The van der Waals surface area contributed by atoms with Gasteiger partial charge in [-0.3, -0.25) is 4.90 Å². The normalized spacial score (nSPS) is 19.0. The van der Waals surface area contributed by atoms with Gasteiger partial charge in [0.15, 0.2) is 0 Å². The molecule has 124 valence electrons. The van der Waals surface area contributed by atoms with E-state index in [0.29, 0.717) is 6.04 Å². The van der Waals surface area contributed by atoms with E-state index in [1.807, 2.05) is 18.2 Å². The van der Waals surface area contributed by atoms with Crippen LogP contribution in [0.3, 0.4) is 0 Å². The third kappa shape index (κ3) is 3.19. The maximum absolute atomic E-state index is 6.11. The largest absolute Gasteiger partial charge is 0.341 e. The summed E-state index contributed by atoms with van der Waals surface area (Å²) in [7, 11) is 0. The quantitative estimate of drug-likeness (QED) is 0.706. The molecule has 1 aromatic heterocycles. The Morgan fingerprint density at radius 2 is 2.12 bits per heavy atom. The van der Waals surface area contributed by atoms with Crippen molar-refractivity contribution < 1.29 is 0 Å². The maximum atomic E-state index is 6.11. The van der Waals surface area contributed by atoms with E-state index in [-0.39, 0.29) is 0 Å². The first kappa shape index (κ1) is 15.7. The number of nitrogens with zero attached hydrogens (tertiary/aromatic N) is 2. The lowest BCUT2D eigenvalue weighted by Crippen LogP contribution is -2.33. The second kappa shape index (κ2) is 6.58. The molecule has 1 fully saturated rings. The van der Waals surface area contributed by atoms with Crippen molar-refractivity contribution in [2.45, 2.75) is 38.8 Å². The molecule has 1 N–H and O–H groups in total. The number of hydrogen-bond acceptors (Lipinski definition) is 2. The fraction of sp³-hybridized carbons (Fsp3) is 0.350. The summed E-state index contributed by atoms with van der Waals surface area (Å²) >= 11 is 6.11. The van der Waals surface area contributed by atoms with Crippen LogP contribution in [0.4, 0.5) is 0 Å². The third-order valence-electron chi connectivity index (χ3n) is 4.86. The molecule has 0 saturated carbocycles. The summed E-state index contributed by atoms with van der Waals surface area (Å²) in [6.45, 7) is 4.25. The molecule has 4 rings (SSSR count).